The summed E-state index contributed by atoms with van der Waals surface area (Å²) >= 11 is 0. The molecule has 2 aromatic rings. The number of β-lactam (4-membered cyclic amide) rings is 1. The van der Waals surface area contributed by atoms with E-state index in [0.717, 1.165) is 23.4 Å². The van der Waals surface area contributed by atoms with E-state index in [4.69, 9.17) is 4.74 Å². The molecule has 3 rings (SSSR count). The van der Waals surface area contributed by atoms with Crippen LogP contribution in [0.4, 0.5) is 5.69 Å². The molecule has 0 aliphatic carbocycles. The molecule has 118 valence electrons. The van der Waals surface area contributed by atoms with Gasteiger partial charge in [0.15, 0.2) is 0 Å². The molecular formula is C20H21NO2. The molecule has 1 amide bonds. The van der Waals surface area contributed by atoms with Gasteiger partial charge in [0, 0.05) is 5.69 Å². The van der Waals surface area contributed by atoms with Crippen molar-refractivity contribution < 1.29 is 9.53 Å². The monoisotopic (exact) mass is 307 g/mol. The van der Waals surface area contributed by atoms with Gasteiger partial charge in [-0.05, 0) is 36.2 Å². The van der Waals surface area contributed by atoms with Gasteiger partial charge in [0.25, 0.3) is 0 Å². The lowest BCUT2D eigenvalue weighted by molar-refractivity contribution is -0.129. The molecule has 0 spiro atoms. The smallest absolute Gasteiger partial charge is 0.233 e. The first-order chi connectivity index (χ1) is 11.2. The van der Waals surface area contributed by atoms with Crippen molar-refractivity contribution in [3.05, 3.63) is 66.2 Å². The van der Waals surface area contributed by atoms with Crippen molar-refractivity contribution in [2.75, 3.05) is 12.0 Å². The molecular weight excluding hydrogens is 286 g/mol. The van der Waals surface area contributed by atoms with Crippen LogP contribution >= 0.6 is 0 Å². The van der Waals surface area contributed by atoms with Gasteiger partial charge in [-0.3, -0.25) is 4.79 Å². The summed E-state index contributed by atoms with van der Waals surface area (Å²) < 4.78 is 5.18. The summed E-state index contributed by atoms with van der Waals surface area (Å²) in [6.07, 6.45) is 5.08. The molecule has 2 unspecified atom stereocenters. The van der Waals surface area contributed by atoms with Crippen LogP contribution in [0.25, 0.3) is 6.08 Å². The topological polar surface area (TPSA) is 29.5 Å². The number of anilines is 1. The van der Waals surface area contributed by atoms with Crippen LogP contribution in [0.1, 0.15) is 18.9 Å². The van der Waals surface area contributed by atoms with Gasteiger partial charge in [-0.15, -0.1) is 0 Å². The zero-order valence-electron chi connectivity index (χ0n) is 13.5. The zero-order valence-corrected chi connectivity index (χ0v) is 13.5. The minimum absolute atomic E-state index is 0.0667. The maximum Gasteiger partial charge on any atom is 0.233 e. The first kappa shape index (κ1) is 15.3. The van der Waals surface area contributed by atoms with E-state index in [9.17, 15) is 4.79 Å². The second-order valence-corrected chi connectivity index (χ2v) is 5.68. The van der Waals surface area contributed by atoms with Gasteiger partial charge in [0.05, 0.1) is 19.1 Å². The summed E-state index contributed by atoms with van der Waals surface area (Å²) in [7, 11) is 1.64. The maximum atomic E-state index is 12.4. The summed E-state index contributed by atoms with van der Waals surface area (Å²) in [5.74, 6) is 1.06. The predicted molar refractivity (Wildman–Crippen MR) is 93.5 cm³/mol. The van der Waals surface area contributed by atoms with E-state index < -0.39 is 0 Å². The number of carbonyl (C=O) groups is 1. The number of rotatable bonds is 5. The summed E-state index contributed by atoms with van der Waals surface area (Å²) in [6, 6.07) is 17.9. The van der Waals surface area contributed by atoms with Crippen molar-refractivity contribution in [3.8, 4) is 5.75 Å². The van der Waals surface area contributed by atoms with E-state index in [1.54, 1.807) is 7.11 Å². The van der Waals surface area contributed by atoms with E-state index >= 15 is 0 Å². The summed E-state index contributed by atoms with van der Waals surface area (Å²) in [5, 5.41) is 0. The summed E-state index contributed by atoms with van der Waals surface area (Å²) in [5.41, 5.74) is 2.07. The van der Waals surface area contributed by atoms with Crippen LogP contribution in [0.3, 0.4) is 0 Å². The van der Waals surface area contributed by atoms with E-state index in [1.165, 1.54) is 0 Å². The van der Waals surface area contributed by atoms with Crippen molar-refractivity contribution in [1.29, 1.82) is 0 Å². The standard InChI is InChI=1S/C20H21NO2/c1-3-18-19(14-9-15-7-5-4-6-8-15)21(20(18)22)16-10-12-17(23-2)13-11-16/h4-14,18-19H,3H2,1-2H3/b14-9+. The minimum atomic E-state index is 0.0667. The molecule has 0 radical (unpaired) electrons. The number of nitrogens with zero attached hydrogens (tertiary/aromatic N) is 1. The van der Waals surface area contributed by atoms with Gasteiger partial charge in [-0.1, -0.05) is 49.4 Å². The molecule has 0 aromatic heterocycles. The molecule has 0 N–H and O–H groups in total. The fourth-order valence-electron chi connectivity index (χ4n) is 3.02. The van der Waals surface area contributed by atoms with Crippen LogP contribution in [0.15, 0.2) is 60.7 Å². The van der Waals surface area contributed by atoms with Gasteiger partial charge in [-0.25, -0.2) is 0 Å². The highest BCUT2D eigenvalue weighted by Crippen LogP contribution is 2.36. The largest absolute Gasteiger partial charge is 0.497 e. The lowest BCUT2D eigenvalue weighted by Gasteiger charge is -2.45. The molecule has 3 nitrogen and oxygen atoms in total. The van der Waals surface area contributed by atoms with Crippen LogP contribution < -0.4 is 9.64 Å². The lowest BCUT2D eigenvalue weighted by atomic mass is 9.84. The molecule has 23 heavy (non-hydrogen) atoms. The third-order valence-corrected chi connectivity index (χ3v) is 4.34. The summed E-state index contributed by atoms with van der Waals surface area (Å²) in [4.78, 5) is 14.3. The lowest BCUT2D eigenvalue weighted by Crippen LogP contribution is -2.60. The maximum absolute atomic E-state index is 12.4. The fourth-order valence-corrected chi connectivity index (χ4v) is 3.02. The Hall–Kier alpha value is -2.55. The Morgan fingerprint density at radius 3 is 2.39 bits per heavy atom. The Bertz CT molecular complexity index is 691. The Morgan fingerprint density at radius 2 is 1.78 bits per heavy atom. The Balaban J connectivity index is 1.83. The number of hydrogen-bond donors (Lipinski definition) is 0. The van der Waals surface area contributed by atoms with Crippen LogP contribution in [0.5, 0.6) is 5.75 Å². The molecule has 3 heteroatoms. The van der Waals surface area contributed by atoms with Crippen molar-refractivity contribution in [2.24, 2.45) is 5.92 Å². The normalized spacial score (nSPS) is 20.6. The first-order valence-corrected chi connectivity index (χ1v) is 7.95. The number of methoxy groups -OCH3 is 1. The van der Waals surface area contributed by atoms with Crippen molar-refractivity contribution in [2.45, 2.75) is 19.4 Å². The number of ether oxygens (including phenoxy) is 1. The molecule has 1 aliphatic rings. The van der Waals surface area contributed by atoms with E-state index in [-0.39, 0.29) is 17.9 Å². The SMILES string of the molecule is CCC1C(=O)N(c2ccc(OC)cc2)C1/C=C/c1ccccc1. The van der Waals surface area contributed by atoms with Gasteiger partial charge < -0.3 is 9.64 Å². The molecule has 1 aliphatic heterocycles. The van der Waals surface area contributed by atoms with Gasteiger partial charge in [0.1, 0.15) is 5.75 Å². The molecule has 1 fully saturated rings. The van der Waals surface area contributed by atoms with Gasteiger partial charge >= 0.3 is 0 Å². The van der Waals surface area contributed by atoms with Crippen LogP contribution in [0, 0.1) is 5.92 Å². The first-order valence-electron chi connectivity index (χ1n) is 7.95. The molecule has 0 saturated carbocycles. The highest BCUT2D eigenvalue weighted by Gasteiger charge is 2.45. The zero-order chi connectivity index (χ0) is 16.2. The van der Waals surface area contributed by atoms with E-state index in [1.807, 2.05) is 47.4 Å². The average Bonchev–Trinajstić information content (AvgIpc) is 2.60. The number of hydrogen-bond acceptors (Lipinski definition) is 2. The Kier molecular flexibility index (Phi) is 4.47. The number of carbonyl (C=O) groups excluding carboxylic acids is 1. The number of benzene rings is 2. The van der Waals surface area contributed by atoms with Crippen molar-refractivity contribution >= 4 is 17.7 Å². The van der Waals surface area contributed by atoms with E-state index in [2.05, 4.69) is 31.2 Å². The Morgan fingerprint density at radius 1 is 1.09 bits per heavy atom. The number of amides is 1. The quantitative estimate of drug-likeness (QED) is 0.777. The highest BCUT2D eigenvalue weighted by molar-refractivity contribution is 6.03. The molecule has 0 bridgehead atoms. The second kappa shape index (κ2) is 6.69. The van der Waals surface area contributed by atoms with Gasteiger partial charge in [-0.2, -0.15) is 0 Å². The van der Waals surface area contributed by atoms with Gasteiger partial charge in [0.2, 0.25) is 5.91 Å². The summed E-state index contributed by atoms with van der Waals surface area (Å²) in [6.45, 7) is 2.07. The van der Waals surface area contributed by atoms with Crippen molar-refractivity contribution in [1.82, 2.24) is 0 Å². The van der Waals surface area contributed by atoms with Crippen LogP contribution in [-0.2, 0) is 4.79 Å². The van der Waals surface area contributed by atoms with Crippen LogP contribution in [-0.4, -0.2) is 19.1 Å². The fraction of sp³-hybridized carbons (Fsp3) is 0.250. The predicted octanol–water partition coefficient (Wildman–Crippen LogP) is 4.15. The minimum Gasteiger partial charge on any atom is -0.497 e. The highest BCUT2D eigenvalue weighted by atomic mass is 16.5. The molecule has 1 heterocycles. The van der Waals surface area contributed by atoms with Crippen LogP contribution in [0.2, 0.25) is 0 Å². The molecule has 2 atom stereocenters. The molecule has 2 aromatic carbocycles. The van der Waals surface area contributed by atoms with E-state index in [0.29, 0.717) is 0 Å². The average molecular weight is 307 g/mol. The third kappa shape index (κ3) is 3.00. The van der Waals surface area contributed by atoms with Crippen molar-refractivity contribution in [3.63, 3.8) is 0 Å². The molecule has 1 saturated heterocycles. The third-order valence-electron chi connectivity index (χ3n) is 4.34. The Labute approximate surface area is 137 Å². The second-order valence-electron chi connectivity index (χ2n) is 5.68.